The topological polar surface area (TPSA) is 56.4 Å². The second-order valence-electron chi connectivity index (χ2n) is 5.17. The molecular formula is C16H16ClN3O2. The van der Waals surface area contributed by atoms with Gasteiger partial charge in [0, 0.05) is 43.1 Å². The molecule has 1 N–H and O–H groups in total. The molecule has 0 atom stereocenters. The maximum absolute atomic E-state index is 12.4. The molecule has 0 saturated carbocycles. The molecule has 1 aliphatic heterocycles. The van der Waals surface area contributed by atoms with Gasteiger partial charge >= 0.3 is 0 Å². The van der Waals surface area contributed by atoms with Crippen LogP contribution in [0.5, 0.6) is 0 Å². The van der Waals surface area contributed by atoms with Crippen LogP contribution in [0.1, 0.15) is 10.4 Å². The fraction of sp³-hybridized carbons (Fsp3) is 0.250. The zero-order valence-electron chi connectivity index (χ0n) is 12.0. The molecule has 2 aromatic rings. The van der Waals surface area contributed by atoms with Crippen molar-refractivity contribution in [3.8, 4) is 0 Å². The molecule has 0 aliphatic carbocycles. The van der Waals surface area contributed by atoms with Gasteiger partial charge in [0.1, 0.15) is 5.56 Å². The van der Waals surface area contributed by atoms with Gasteiger partial charge in [0.2, 0.25) is 0 Å². The largest absolute Gasteiger partial charge is 0.368 e. The van der Waals surface area contributed by atoms with Gasteiger partial charge < -0.3 is 14.8 Å². The number of amides is 1. The SMILES string of the molecule is O=C(c1ccc[nH]c1=O)N1CCN(c2ccc(Cl)cc2)CC1. The molecule has 1 saturated heterocycles. The summed E-state index contributed by atoms with van der Waals surface area (Å²) in [4.78, 5) is 30.5. The fourth-order valence-electron chi connectivity index (χ4n) is 2.58. The Kier molecular flexibility index (Phi) is 4.15. The van der Waals surface area contributed by atoms with Crippen LogP contribution in [0.15, 0.2) is 47.4 Å². The van der Waals surface area contributed by atoms with Crippen molar-refractivity contribution < 1.29 is 4.79 Å². The highest BCUT2D eigenvalue weighted by Crippen LogP contribution is 2.19. The molecule has 1 aromatic carbocycles. The smallest absolute Gasteiger partial charge is 0.260 e. The normalized spacial score (nSPS) is 15.0. The Morgan fingerprint density at radius 1 is 1.05 bits per heavy atom. The Labute approximate surface area is 133 Å². The third-order valence-electron chi connectivity index (χ3n) is 3.81. The Morgan fingerprint density at radius 2 is 1.73 bits per heavy atom. The quantitative estimate of drug-likeness (QED) is 0.921. The standard InChI is InChI=1S/C16H16ClN3O2/c17-12-3-5-13(6-4-12)19-8-10-20(11-9-19)16(22)14-2-1-7-18-15(14)21/h1-7H,8-11H2,(H,18,21). The van der Waals surface area contributed by atoms with Gasteiger partial charge in [-0.2, -0.15) is 0 Å². The number of hydrogen-bond acceptors (Lipinski definition) is 3. The molecule has 0 bridgehead atoms. The number of halogens is 1. The number of pyridine rings is 1. The van der Waals surface area contributed by atoms with E-state index in [1.54, 1.807) is 17.0 Å². The summed E-state index contributed by atoms with van der Waals surface area (Å²) in [5.74, 6) is -0.211. The molecule has 1 fully saturated rings. The van der Waals surface area contributed by atoms with Crippen LogP contribution in [0.2, 0.25) is 5.02 Å². The lowest BCUT2D eigenvalue weighted by atomic mass is 10.2. The number of aromatic amines is 1. The second-order valence-corrected chi connectivity index (χ2v) is 5.61. The van der Waals surface area contributed by atoms with E-state index in [0.717, 1.165) is 18.8 Å². The van der Waals surface area contributed by atoms with E-state index in [1.807, 2.05) is 24.3 Å². The summed E-state index contributed by atoms with van der Waals surface area (Å²) < 4.78 is 0. The van der Waals surface area contributed by atoms with Gasteiger partial charge in [-0.25, -0.2) is 0 Å². The molecule has 5 nitrogen and oxygen atoms in total. The molecule has 0 spiro atoms. The number of aromatic nitrogens is 1. The number of carbonyl (C=O) groups excluding carboxylic acids is 1. The van der Waals surface area contributed by atoms with Gasteiger partial charge in [-0.1, -0.05) is 11.6 Å². The summed E-state index contributed by atoms with van der Waals surface area (Å²) in [6.45, 7) is 2.65. The number of piperazine rings is 1. The molecule has 0 unspecified atom stereocenters. The maximum Gasteiger partial charge on any atom is 0.260 e. The van der Waals surface area contributed by atoms with Gasteiger partial charge in [-0.05, 0) is 36.4 Å². The number of rotatable bonds is 2. The summed E-state index contributed by atoms with van der Waals surface area (Å²) in [5, 5.41) is 0.709. The van der Waals surface area contributed by atoms with E-state index in [4.69, 9.17) is 11.6 Å². The highest BCUT2D eigenvalue weighted by Gasteiger charge is 2.23. The van der Waals surface area contributed by atoms with E-state index in [9.17, 15) is 9.59 Å². The monoisotopic (exact) mass is 317 g/mol. The van der Waals surface area contributed by atoms with Crippen molar-refractivity contribution in [2.45, 2.75) is 0 Å². The first kappa shape index (κ1) is 14.7. The Bertz CT molecular complexity index is 719. The van der Waals surface area contributed by atoms with Crippen LogP contribution in [0.25, 0.3) is 0 Å². The molecule has 2 heterocycles. The third kappa shape index (κ3) is 2.99. The minimum absolute atomic E-state index is 0.197. The van der Waals surface area contributed by atoms with Crippen molar-refractivity contribution in [1.82, 2.24) is 9.88 Å². The number of benzene rings is 1. The van der Waals surface area contributed by atoms with Gasteiger partial charge in [0.25, 0.3) is 11.5 Å². The minimum atomic E-state index is -0.340. The van der Waals surface area contributed by atoms with E-state index in [-0.39, 0.29) is 17.0 Å². The highest BCUT2D eigenvalue weighted by atomic mass is 35.5. The van der Waals surface area contributed by atoms with Crippen LogP contribution in [0, 0.1) is 0 Å². The number of hydrogen-bond donors (Lipinski definition) is 1. The average Bonchev–Trinajstić information content (AvgIpc) is 2.56. The first-order chi connectivity index (χ1) is 10.6. The predicted octanol–water partition coefficient (Wildman–Crippen LogP) is 1.99. The minimum Gasteiger partial charge on any atom is -0.368 e. The van der Waals surface area contributed by atoms with E-state index >= 15 is 0 Å². The maximum atomic E-state index is 12.4. The lowest BCUT2D eigenvalue weighted by molar-refractivity contribution is 0.0745. The third-order valence-corrected chi connectivity index (χ3v) is 4.06. The summed E-state index contributed by atoms with van der Waals surface area (Å²) in [6, 6.07) is 10.9. The zero-order chi connectivity index (χ0) is 15.5. The summed E-state index contributed by atoms with van der Waals surface area (Å²) in [6.07, 6.45) is 1.53. The molecule has 114 valence electrons. The Hall–Kier alpha value is -2.27. The molecular weight excluding hydrogens is 302 g/mol. The van der Waals surface area contributed by atoms with Crippen molar-refractivity contribution in [1.29, 1.82) is 0 Å². The molecule has 3 rings (SSSR count). The van der Waals surface area contributed by atoms with Crippen LogP contribution < -0.4 is 10.5 Å². The fourth-order valence-corrected chi connectivity index (χ4v) is 2.71. The summed E-state index contributed by atoms with van der Waals surface area (Å²) in [5.41, 5.74) is 0.948. The van der Waals surface area contributed by atoms with Crippen molar-refractivity contribution in [3.63, 3.8) is 0 Å². The predicted molar refractivity (Wildman–Crippen MR) is 86.6 cm³/mol. The lowest BCUT2D eigenvalue weighted by Gasteiger charge is -2.36. The molecule has 1 amide bonds. The Balaban J connectivity index is 1.67. The first-order valence-electron chi connectivity index (χ1n) is 7.12. The van der Waals surface area contributed by atoms with Crippen LogP contribution in [0.3, 0.4) is 0 Å². The number of nitrogens with one attached hydrogen (secondary N) is 1. The van der Waals surface area contributed by atoms with Gasteiger partial charge in [-0.15, -0.1) is 0 Å². The summed E-state index contributed by atoms with van der Waals surface area (Å²) in [7, 11) is 0. The zero-order valence-corrected chi connectivity index (χ0v) is 12.7. The van der Waals surface area contributed by atoms with Crippen molar-refractivity contribution in [2.75, 3.05) is 31.1 Å². The van der Waals surface area contributed by atoms with E-state index < -0.39 is 0 Å². The molecule has 0 radical (unpaired) electrons. The first-order valence-corrected chi connectivity index (χ1v) is 7.50. The van der Waals surface area contributed by atoms with E-state index in [1.165, 1.54) is 6.20 Å². The lowest BCUT2D eigenvalue weighted by Crippen LogP contribution is -2.49. The summed E-state index contributed by atoms with van der Waals surface area (Å²) >= 11 is 5.89. The number of H-pyrrole nitrogens is 1. The average molecular weight is 318 g/mol. The molecule has 6 heteroatoms. The van der Waals surface area contributed by atoms with Crippen LogP contribution in [-0.4, -0.2) is 42.0 Å². The van der Waals surface area contributed by atoms with Gasteiger partial charge in [0.05, 0.1) is 0 Å². The van der Waals surface area contributed by atoms with E-state index in [2.05, 4.69) is 9.88 Å². The van der Waals surface area contributed by atoms with Crippen molar-refractivity contribution in [3.05, 3.63) is 63.5 Å². The molecule has 1 aliphatic rings. The second kappa shape index (κ2) is 6.23. The van der Waals surface area contributed by atoms with Crippen LogP contribution in [-0.2, 0) is 0 Å². The molecule has 22 heavy (non-hydrogen) atoms. The number of anilines is 1. The van der Waals surface area contributed by atoms with E-state index in [0.29, 0.717) is 18.1 Å². The number of nitrogens with zero attached hydrogens (tertiary/aromatic N) is 2. The van der Waals surface area contributed by atoms with Crippen molar-refractivity contribution >= 4 is 23.2 Å². The van der Waals surface area contributed by atoms with Gasteiger partial charge in [0.15, 0.2) is 0 Å². The molecule has 1 aromatic heterocycles. The Morgan fingerprint density at radius 3 is 2.36 bits per heavy atom. The van der Waals surface area contributed by atoms with Gasteiger partial charge in [-0.3, -0.25) is 9.59 Å². The van der Waals surface area contributed by atoms with Crippen LogP contribution in [0.4, 0.5) is 5.69 Å². The van der Waals surface area contributed by atoms with Crippen molar-refractivity contribution in [2.24, 2.45) is 0 Å². The highest BCUT2D eigenvalue weighted by molar-refractivity contribution is 6.30. The van der Waals surface area contributed by atoms with Crippen LogP contribution >= 0.6 is 11.6 Å². The number of carbonyl (C=O) groups is 1.